The fourth-order valence-corrected chi connectivity index (χ4v) is 1.62. The normalized spacial score (nSPS) is 13.4. The molecule has 1 N–H and O–H groups in total. The van der Waals surface area contributed by atoms with Crippen molar-refractivity contribution in [2.75, 3.05) is 5.32 Å². The molecule has 0 amide bonds. The van der Waals surface area contributed by atoms with Crippen LogP contribution in [0.5, 0.6) is 5.75 Å². The highest BCUT2D eigenvalue weighted by atomic mass is 16.5. The van der Waals surface area contributed by atoms with E-state index < -0.39 is 0 Å². The van der Waals surface area contributed by atoms with Crippen LogP contribution in [-0.2, 0) is 0 Å². The van der Waals surface area contributed by atoms with Crippen molar-refractivity contribution in [2.24, 2.45) is 0 Å². The van der Waals surface area contributed by atoms with Crippen LogP contribution in [0.4, 0.5) is 5.69 Å². The average Bonchev–Trinajstić information content (AvgIpc) is 2.38. The summed E-state index contributed by atoms with van der Waals surface area (Å²) < 4.78 is 5.77. The van der Waals surface area contributed by atoms with Gasteiger partial charge in [0.2, 0.25) is 0 Å². The van der Waals surface area contributed by atoms with E-state index in [1.807, 2.05) is 24.3 Å². The number of anilines is 1. The maximum atomic E-state index is 8.74. The summed E-state index contributed by atoms with van der Waals surface area (Å²) in [6.45, 7) is 6.24. The number of nitrogens with zero attached hydrogens (tertiary/aromatic N) is 1. The van der Waals surface area contributed by atoms with Gasteiger partial charge < -0.3 is 10.1 Å². The first-order valence-corrected chi connectivity index (χ1v) is 6.59. The average molecular weight is 246 g/mol. The zero-order valence-corrected chi connectivity index (χ0v) is 11.4. The summed E-state index contributed by atoms with van der Waals surface area (Å²) in [6.07, 6.45) is 2.67. The van der Waals surface area contributed by atoms with Gasteiger partial charge >= 0.3 is 0 Å². The Hall–Kier alpha value is -1.69. The molecule has 0 spiro atoms. The molecule has 3 heteroatoms. The molecule has 18 heavy (non-hydrogen) atoms. The molecule has 0 aliphatic rings. The van der Waals surface area contributed by atoms with Crippen molar-refractivity contribution in [2.45, 2.75) is 52.2 Å². The summed E-state index contributed by atoms with van der Waals surface area (Å²) >= 11 is 0. The minimum atomic E-state index is 0.203. The Bertz CT molecular complexity index is 398. The van der Waals surface area contributed by atoms with E-state index in [1.165, 1.54) is 0 Å². The third kappa shape index (κ3) is 4.67. The molecule has 1 aromatic rings. The number of ether oxygens (including phenoxy) is 1. The highest BCUT2D eigenvalue weighted by Crippen LogP contribution is 2.20. The Labute approximate surface area is 110 Å². The predicted octanol–water partition coefficient (Wildman–Crippen LogP) is 3.97. The zero-order valence-electron chi connectivity index (χ0n) is 11.4. The van der Waals surface area contributed by atoms with Crippen LogP contribution in [-0.4, -0.2) is 12.1 Å². The van der Waals surface area contributed by atoms with Crippen molar-refractivity contribution in [1.29, 1.82) is 5.26 Å². The van der Waals surface area contributed by atoms with Gasteiger partial charge in [-0.25, -0.2) is 0 Å². The van der Waals surface area contributed by atoms with Gasteiger partial charge in [0.25, 0.3) is 0 Å². The number of benzene rings is 1. The number of hydrogen-bond acceptors (Lipinski definition) is 3. The lowest BCUT2D eigenvalue weighted by molar-refractivity contribution is 0.217. The van der Waals surface area contributed by atoms with Crippen molar-refractivity contribution in [3.63, 3.8) is 0 Å². The molecule has 1 aromatic carbocycles. The van der Waals surface area contributed by atoms with Gasteiger partial charge in [-0.05, 0) is 31.9 Å². The van der Waals surface area contributed by atoms with E-state index in [-0.39, 0.29) is 12.1 Å². The second-order valence-electron chi connectivity index (χ2n) is 4.48. The zero-order chi connectivity index (χ0) is 13.4. The van der Waals surface area contributed by atoms with Crippen molar-refractivity contribution in [1.82, 2.24) is 0 Å². The number of nitrogens with one attached hydrogen (secondary N) is 1. The molecule has 3 nitrogen and oxygen atoms in total. The van der Waals surface area contributed by atoms with Gasteiger partial charge in [-0.3, -0.25) is 0 Å². The van der Waals surface area contributed by atoms with Crippen LogP contribution in [0.25, 0.3) is 0 Å². The lowest BCUT2D eigenvalue weighted by atomic mass is 10.1. The summed E-state index contributed by atoms with van der Waals surface area (Å²) in [5, 5.41) is 12.1. The van der Waals surface area contributed by atoms with Crippen LogP contribution in [0.15, 0.2) is 24.3 Å². The maximum Gasteiger partial charge on any atom is 0.121 e. The lowest BCUT2D eigenvalue weighted by Crippen LogP contribution is -2.17. The maximum absolute atomic E-state index is 8.74. The topological polar surface area (TPSA) is 45.0 Å². The molecular weight excluding hydrogens is 224 g/mol. The summed E-state index contributed by atoms with van der Waals surface area (Å²) in [4.78, 5) is 0. The van der Waals surface area contributed by atoms with E-state index in [0.717, 1.165) is 24.3 Å². The highest BCUT2D eigenvalue weighted by Gasteiger charge is 2.06. The van der Waals surface area contributed by atoms with Crippen LogP contribution in [0.3, 0.4) is 0 Å². The Morgan fingerprint density at radius 2 is 2.11 bits per heavy atom. The molecule has 2 atom stereocenters. The summed E-state index contributed by atoms with van der Waals surface area (Å²) in [7, 11) is 0. The lowest BCUT2D eigenvalue weighted by Gasteiger charge is -2.17. The van der Waals surface area contributed by atoms with Crippen molar-refractivity contribution in [3.05, 3.63) is 24.3 Å². The molecular formula is C15H22N2O. The third-order valence-electron chi connectivity index (χ3n) is 2.95. The van der Waals surface area contributed by atoms with E-state index in [0.29, 0.717) is 6.42 Å². The van der Waals surface area contributed by atoms with Gasteiger partial charge in [0.05, 0.1) is 18.6 Å². The molecule has 0 radical (unpaired) electrons. The molecule has 0 bridgehead atoms. The number of hydrogen-bond donors (Lipinski definition) is 1. The van der Waals surface area contributed by atoms with E-state index in [4.69, 9.17) is 10.00 Å². The van der Waals surface area contributed by atoms with E-state index in [1.54, 1.807) is 0 Å². The van der Waals surface area contributed by atoms with Crippen LogP contribution >= 0.6 is 0 Å². The van der Waals surface area contributed by atoms with Gasteiger partial charge in [0.1, 0.15) is 5.75 Å². The third-order valence-corrected chi connectivity index (χ3v) is 2.95. The molecule has 0 aliphatic carbocycles. The predicted molar refractivity (Wildman–Crippen MR) is 74.8 cm³/mol. The molecule has 98 valence electrons. The van der Waals surface area contributed by atoms with E-state index in [9.17, 15) is 0 Å². The molecule has 0 fully saturated rings. The molecule has 0 saturated carbocycles. The summed E-state index contributed by atoms with van der Waals surface area (Å²) in [5.41, 5.74) is 1.01. The van der Waals surface area contributed by atoms with Gasteiger partial charge in [-0.2, -0.15) is 5.26 Å². The SMILES string of the molecule is CCC(CC#N)Nc1cccc(OC(C)CC)c1. The minimum Gasteiger partial charge on any atom is -0.491 e. The number of rotatable bonds is 7. The highest BCUT2D eigenvalue weighted by molar-refractivity contribution is 5.49. The Balaban J connectivity index is 2.67. The fraction of sp³-hybridized carbons (Fsp3) is 0.533. The standard InChI is InChI=1S/C15H22N2O/c1-4-12(3)18-15-8-6-7-14(11-15)17-13(5-2)9-10-16/h6-8,11-13,17H,4-5,9H2,1-3H3. The second-order valence-corrected chi connectivity index (χ2v) is 4.48. The quantitative estimate of drug-likeness (QED) is 0.791. The first-order valence-electron chi connectivity index (χ1n) is 6.59. The number of nitriles is 1. The van der Waals surface area contributed by atoms with E-state index in [2.05, 4.69) is 32.2 Å². The fourth-order valence-electron chi connectivity index (χ4n) is 1.62. The molecule has 0 aromatic heterocycles. The summed E-state index contributed by atoms with van der Waals surface area (Å²) in [5.74, 6) is 0.876. The first-order chi connectivity index (χ1) is 8.69. The van der Waals surface area contributed by atoms with Crippen LogP contribution < -0.4 is 10.1 Å². The first kappa shape index (κ1) is 14.4. The van der Waals surface area contributed by atoms with E-state index >= 15 is 0 Å². The van der Waals surface area contributed by atoms with Crippen LogP contribution in [0.2, 0.25) is 0 Å². The minimum absolute atomic E-state index is 0.203. The smallest absolute Gasteiger partial charge is 0.121 e. The summed E-state index contributed by atoms with van der Waals surface area (Å²) in [6, 6.07) is 10.3. The largest absolute Gasteiger partial charge is 0.491 e. The van der Waals surface area contributed by atoms with Crippen LogP contribution in [0.1, 0.15) is 40.0 Å². The Morgan fingerprint density at radius 1 is 1.33 bits per heavy atom. The van der Waals surface area contributed by atoms with Gasteiger partial charge in [0.15, 0.2) is 0 Å². The van der Waals surface area contributed by atoms with Crippen molar-refractivity contribution >= 4 is 5.69 Å². The van der Waals surface area contributed by atoms with Crippen molar-refractivity contribution < 1.29 is 4.74 Å². The molecule has 0 saturated heterocycles. The molecule has 2 unspecified atom stereocenters. The molecule has 0 heterocycles. The van der Waals surface area contributed by atoms with Gasteiger partial charge in [-0.15, -0.1) is 0 Å². The molecule has 0 aliphatic heterocycles. The second kappa shape index (κ2) is 7.60. The Morgan fingerprint density at radius 3 is 2.72 bits per heavy atom. The monoisotopic (exact) mass is 246 g/mol. The Kier molecular flexibility index (Phi) is 6.07. The van der Waals surface area contributed by atoms with Crippen LogP contribution in [0, 0.1) is 11.3 Å². The van der Waals surface area contributed by atoms with Gasteiger partial charge in [0, 0.05) is 17.8 Å². The van der Waals surface area contributed by atoms with Crippen molar-refractivity contribution in [3.8, 4) is 11.8 Å². The molecule has 1 rings (SSSR count). The van der Waals surface area contributed by atoms with Gasteiger partial charge in [-0.1, -0.05) is 19.9 Å².